The molecule has 0 aromatic carbocycles. The highest BCUT2D eigenvalue weighted by Crippen LogP contribution is 2.27. The van der Waals surface area contributed by atoms with Gasteiger partial charge in [-0.25, -0.2) is 15.0 Å². The Morgan fingerprint density at radius 1 is 1.00 bits per heavy atom. The fraction of sp³-hybridized carbons (Fsp3) is 0.158. The fourth-order valence-electron chi connectivity index (χ4n) is 2.56. The van der Waals surface area contributed by atoms with E-state index >= 15 is 0 Å². The number of fused-ring (bicyclic) bond motifs is 1. The summed E-state index contributed by atoms with van der Waals surface area (Å²) in [4.78, 5) is 16.6. The van der Waals surface area contributed by atoms with Crippen molar-refractivity contribution in [3.63, 3.8) is 0 Å². The van der Waals surface area contributed by atoms with Crippen LogP contribution >= 0.6 is 0 Å². The maximum atomic E-state index is 13.3. The molecule has 0 saturated carbocycles. The van der Waals surface area contributed by atoms with Crippen molar-refractivity contribution in [1.29, 1.82) is 0 Å². The van der Waals surface area contributed by atoms with Gasteiger partial charge in [0.15, 0.2) is 0 Å². The minimum Gasteiger partial charge on any atom is -0.471 e. The quantitative estimate of drug-likeness (QED) is 0.517. The van der Waals surface area contributed by atoms with E-state index in [0.717, 1.165) is 12.5 Å². The van der Waals surface area contributed by atoms with E-state index in [0.29, 0.717) is 22.9 Å². The Labute approximate surface area is 158 Å². The molecular weight excluding hydrogens is 371 g/mol. The van der Waals surface area contributed by atoms with Crippen molar-refractivity contribution in [2.45, 2.75) is 19.5 Å². The van der Waals surface area contributed by atoms with Gasteiger partial charge in [-0.05, 0) is 12.1 Å². The second kappa shape index (κ2) is 7.63. The summed E-state index contributed by atoms with van der Waals surface area (Å²) in [7, 11) is 0. The fourth-order valence-corrected chi connectivity index (χ4v) is 2.56. The third-order valence-corrected chi connectivity index (χ3v) is 3.91. The Balaban J connectivity index is 0.00000225. The predicted molar refractivity (Wildman–Crippen MR) is 96.9 cm³/mol. The van der Waals surface area contributed by atoms with Crippen LogP contribution < -0.4 is 4.74 Å². The van der Waals surface area contributed by atoms with Crippen LogP contribution in [0.1, 0.15) is 18.3 Å². The Morgan fingerprint density at radius 3 is 2.50 bits per heavy atom. The predicted octanol–water partition coefficient (Wildman–Crippen LogP) is 4.03. The van der Waals surface area contributed by atoms with Gasteiger partial charge in [0.1, 0.15) is 12.3 Å². The number of hydrogen-bond donors (Lipinski definition) is 0. The molecule has 0 spiro atoms. The highest BCUT2D eigenvalue weighted by Gasteiger charge is 2.25. The van der Waals surface area contributed by atoms with Crippen LogP contribution in [0, 0.1) is 0 Å². The Bertz CT molecular complexity index is 1060. The molecule has 9 heteroatoms. The van der Waals surface area contributed by atoms with Crippen LogP contribution in [-0.2, 0) is 12.5 Å². The summed E-state index contributed by atoms with van der Waals surface area (Å²) in [6.07, 6.45) is 8.32. The van der Waals surface area contributed by atoms with Crippen molar-refractivity contribution in [3.05, 3.63) is 72.7 Å². The average Bonchev–Trinajstić information content (AvgIpc) is 3.09. The third kappa shape index (κ3) is 4.08. The number of nitrogens with zero attached hydrogens (tertiary/aromatic N) is 5. The molecule has 4 aromatic heterocycles. The maximum Gasteiger partial charge on any atom is 0.286 e. The molecule has 0 bridgehead atoms. The van der Waals surface area contributed by atoms with Gasteiger partial charge in [0.2, 0.25) is 11.7 Å². The van der Waals surface area contributed by atoms with E-state index < -0.39 is 5.92 Å². The van der Waals surface area contributed by atoms with Crippen LogP contribution in [0.2, 0.25) is 0 Å². The maximum absolute atomic E-state index is 13.3. The van der Waals surface area contributed by atoms with Crippen LogP contribution in [0.3, 0.4) is 0 Å². The Morgan fingerprint density at radius 2 is 1.82 bits per heavy atom. The zero-order valence-electron chi connectivity index (χ0n) is 14.8. The average molecular weight is 387 g/mol. The first kappa shape index (κ1) is 19.3. The summed E-state index contributed by atoms with van der Waals surface area (Å²) in [6.45, 7) is 1.08. The zero-order valence-corrected chi connectivity index (χ0v) is 14.8. The van der Waals surface area contributed by atoms with E-state index in [1.54, 1.807) is 35.1 Å². The van der Waals surface area contributed by atoms with Gasteiger partial charge in [0.25, 0.3) is 5.92 Å². The summed E-state index contributed by atoms with van der Waals surface area (Å²) in [5.41, 5.74) is 1.87. The van der Waals surface area contributed by atoms with Crippen molar-refractivity contribution in [2.75, 3.05) is 0 Å². The van der Waals surface area contributed by atoms with E-state index in [1.165, 1.54) is 12.3 Å². The van der Waals surface area contributed by atoms with Gasteiger partial charge in [0, 0.05) is 55.1 Å². The molecule has 0 amide bonds. The molecule has 0 saturated heterocycles. The van der Waals surface area contributed by atoms with Gasteiger partial charge in [0.05, 0.1) is 5.69 Å². The third-order valence-electron chi connectivity index (χ3n) is 3.91. The highest BCUT2D eigenvalue weighted by atomic mass is 19.3. The lowest BCUT2D eigenvalue weighted by atomic mass is 10.1. The highest BCUT2D eigenvalue weighted by molar-refractivity contribution is 5.61. The molecular formula is C19H16F3N5O. The van der Waals surface area contributed by atoms with E-state index in [4.69, 9.17) is 4.74 Å². The molecule has 0 aliphatic heterocycles. The molecule has 0 unspecified atom stereocenters. The van der Waals surface area contributed by atoms with Crippen molar-refractivity contribution in [2.24, 2.45) is 0 Å². The summed E-state index contributed by atoms with van der Waals surface area (Å²) in [6, 6.07) is 8.34. The second-order valence-electron chi connectivity index (χ2n) is 6.06. The van der Waals surface area contributed by atoms with E-state index in [-0.39, 0.29) is 17.0 Å². The molecule has 0 fully saturated rings. The smallest absolute Gasteiger partial charge is 0.286 e. The van der Waals surface area contributed by atoms with Gasteiger partial charge in [-0.2, -0.15) is 8.78 Å². The lowest BCUT2D eigenvalue weighted by Gasteiger charge is -2.09. The lowest BCUT2D eigenvalue weighted by molar-refractivity contribution is 0.0128. The van der Waals surface area contributed by atoms with Crippen molar-refractivity contribution >= 4 is 5.78 Å². The van der Waals surface area contributed by atoms with E-state index in [1.807, 2.05) is 18.3 Å². The molecule has 0 aliphatic carbocycles. The first-order chi connectivity index (χ1) is 13.0. The summed E-state index contributed by atoms with van der Waals surface area (Å²) >= 11 is 0. The molecule has 28 heavy (non-hydrogen) atoms. The monoisotopic (exact) mass is 387 g/mol. The second-order valence-corrected chi connectivity index (χ2v) is 6.06. The molecule has 0 radical (unpaired) electrons. The number of alkyl halides is 2. The van der Waals surface area contributed by atoms with Crippen LogP contribution in [0.25, 0.3) is 16.9 Å². The number of pyridine rings is 2. The minimum absolute atomic E-state index is 0. The topological polar surface area (TPSA) is 65.2 Å². The zero-order chi connectivity index (χ0) is 18.9. The molecule has 6 nitrogen and oxygen atoms in total. The first-order valence-electron chi connectivity index (χ1n) is 8.21. The van der Waals surface area contributed by atoms with Crippen molar-refractivity contribution in [3.8, 4) is 17.0 Å². The standard InChI is InChI=1S/C19H15F2N5O.FH/c1-19(20,21)16-6-5-13(8-23-16)14-9-24-18-25-15(11-26(18)10-14)12-27-17-4-2-3-7-22-17;/h2-11H,12H2,1H3;1H. The Kier molecular flexibility index (Phi) is 5.25. The Hall–Kier alpha value is -3.49. The molecule has 0 aliphatic rings. The number of hydrogen-bond acceptors (Lipinski definition) is 5. The largest absolute Gasteiger partial charge is 0.471 e. The van der Waals surface area contributed by atoms with Crippen LogP contribution in [0.5, 0.6) is 5.88 Å². The molecule has 0 atom stereocenters. The van der Waals surface area contributed by atoms with Crippen molar-refractivity contribution in [1.82, 2.24) is 24.3 Å². The van der Waals surface area contributed by atoms with Gasteiger partial charge in [-0.3, -0.25) is 14.1 Å². The molecule has 4 rings (SSSR count). The molecule has 0 N–H and O–H groups in total. The van der Waals surface area contributed by atoms with Gasteiger partial charge in [-0.15, -0.1) is 0 Å². The van der Waals surface area contributed by atoms with Gasteiger partial charge < -0.3 is 4.74 Å². The minimum atomic E-state index is -2.96. The number of ether oxygens (including phenoxy) is 1. The van der Waals surface area contributed by atoms with Crippen LogP contribution in [0.4, 0.5) is 13.5 Å². The number of imidazole rings is 1. The van der Waals surface area contributed by atoms with E-state index in [9.17, 15) is 8.78 Å². The SMILES string of the molecule is CC(F)(F)c1ccc(-c2cnc3nc(COc4ccccn4)cn3c2)cn1.F. The normalized spacial score (nSPS) is 11.2. The number of halogens is 3. The van der Waals surface area contributed by atoms with Crippen LogP contribution in [-0.4, -0.2) is 24.3 Å². The summed E-state index contributed by atoms with van der Waals surface area (Å²) < 4.78 is 33.9. The number of aromatic nitrogens is 5. The van der Waals surface area contributed by atoms with E-state index in [2.05, 4.69) is 19.9 Å². The summed E-state index contributed by atoms with van der Waals surface area (Å²) in [5.74, 6) is -1.93. The lowest BCUT2D eigenvalue weighted by Crippen LogP contribution is -2.09. The number of rotatable bonds is 5. The van der Waals surface area contributed by atoms with Gasteiger partial charge >= 0.3 is 0 Å². The molecule has 4 heterocycles. The molecule has 4 aromatic rings. The first-order valence-corrected chi connectivity index (χ1v) is 8.21. The van der Waals surface area contributed by atoms with Gasteiger partial charge in [-0.1, -0.05) is 12.1 Å². The van der Waals surface area contributed by atoms with Crippen molar-refractivity contribution < 1.29 is 18.2 Å². The molecule has 144 valence electrons. The van der Waals surface area contributed by atoms with Crippen LogP contribution in [0.15, 0.2) is 61.3 Å². The summed E-state index contributed by atoms with van der Waals surface area (Å²) in [5, 5.41) is 0.